The van der Waals surface area contributed by atoms with Gasteiger partial charge in [0.25, 0.3) is 0 Å². The number of nitrogens with one attached hydrogen (secondary N) is 2. The maximum absolute atomic E-state index is 12.6. The van der Waals surface area contributed by atoms with E-state index in [2.05, 4.69) is 10.6 Å². The number of rotatable bonds is 3. The first kappa shape index (κ1) is 18.0. The molecule has 1 aliphatic heterocycles. The van der Waals surface area contributed by atoms with Gasteiger partial charge in [-0.05, 0) is 38.8 Å². The van der Waals surface area contributed by atoms with E-state index in [0.29, 0.717) is 13.2 Å². The van der Waals surface area contributed by atoms with Crippen molar-refractivity contribution < 1.29 is 9.53 Å². The van der Waals surface area contributed by atoms with Gasteiger partial charge < -0.3 is 15.4 Å². The molecule has 21 heavy (non-hydrogen) atoms. The Morgan fingerprint density at radius 2 is 1.95 bits per heavy atom. The van der Waals surface area contributed by atoms with Crippen LogP contribution >= 0.6 is 12.4 Å². The lowest BCUT2D eigenvalue weighted by Gasteiger charge is -2.36. The molecule has 0 aliphatic carbocycles. The molecule has 1 heterocycles. The average molecular weight is 313 g/mol. The van der Waals surface area contributed by atoms with Crippen molar-refractivity contribution in [1.29, 1.82) is 0 Å². The Morgan fingerprint density at radius 3 is 2.48 bits per heavy atom. The monoisotopic (exact) mass is 312 g/mol. The number of anilines is 1. The number of halogens is 1. The van der Waals surface area contributed by atoms with Crippen LogP contribution in [0.15, 0.2) is 18.2 Å². The molecule has 1 amide bonds. The van der Waals surface area contributed by atoms with Crippen LogP contribution in [-0.4, -0.2) is 31.7 Å². The summed E-state index contributed by atoms with van der Waals surface area (Å²) in [5, 5.41) is 6.35. The second kappa shape index (κ2) is 7.25. The number of amides is 1. The molecule has 118 valence electrons. The summed E-state index contributed by atoms with van der Waals surface area (Å²) in [6, 6.07) is 6.02. The van der Waals surface area contributed by atoms with Crippen LogP contribution in [0.5, 0.6) is 0 Å². The van der Waals surface area contributed by atoms with Crippen molar-refractivity contribution in [1.82, 2.24) is 5.32 Å². The van der Waals surface area contributed by atoms with E-state index in [9.17, 15) is 4.79 Å². The minimum absolute atomic E-state index is 0. The SMILES string of the molecule is Cc1cccc(C)c1NC(=O)C(C)(C)C1CNCCO1.Cl. The van der Waals surface area contributed by atoms with Gasteiger partial charge in [-0.3, -0.25) is 4.79 Å². The second-order valence-electron chi connectivity index (χ2n) is 6.01. The zero-order chi connectivity index (χ0) is 14.8. The van der Waals surface area contributed by atoms with Gasteiger partial charge in [0.1, 0.15) is 0 Å². The second-order valence-corrected chi connectivity index (χ2v) is 6.01. The molecule has 5 heteroatoms. The third-order valence-corrected chi connectivity index (χ3v) is 4.04. The lowest BCUT2D eigenvalue weighted by Crippen LogP contribution is -2.51. The first-order valence-corrected chi connectivity index (χ1v) is 7.13. The summed E-state index contributed by atoms with van der Waals surface area (Å²) in [7, 11) is 0. The number of hydrogen-bond donors (Lipinski definition) is 2. The molecule has 1 saturated heterocycles. The summed E-state index contributed by atoms with van der Waals surface area (Å²) < 4.78 is 5.74. The fourth-order valence-corrected chi connectivity index (χ4v) is 2.46. The molecule has 1 aromatic carbocycles. The summed E-state index contributed by atoms with van der Waals surface area (Å²) in [5.41, 5.74) is 2.50. The molecule has 4 nitrogen and oxygen atoms in total. The number of para-hydroxylation sites is 1. The molecule has 0 bridgehead atoms. The van der Waals surface area contributed by atoms with Crippen molar-refractivity contribution in [3.05, 3.63) is 29.3 Å². The van der Waals surface area contributed by atoms with Crippen molar-refractivity contribution in [3.8, 4) is 0 Å². The van der Waals surface area contributed by atoms with E-state index < -0.39 is 5.41 Å². The van der Waals surface area contributed by atoms with Gasteiger partial charge in [0, 0.05) is 18.8 Å². The largest absolute Gasteiger partial charge is 0.374 e. The number of ether oxygens (including phenoxy) is 1. The summed E-state index contributed by atoms with van der Waals surface area (Å²) in [6.07, 6.45) is -0.0967. The number of aryl methyl sites for hydroxylation is 2. The first-order valence-electron chi connectivity index (χ1n) is 7.13. The molecular formula is C16H25ClN2O2. The van der Waals surface area contributed by atoms with Crippen molar-refractivity contribution in [2.45, 2.75) is 33.8 Å². The minimum atomic E-state index is -0.567. The van der Waals surface area contributed by atoms with Gasteiger partial charge in [-0.1, -0.05) is 18.2 Å². The lowest BCUT2D eigenvalue weighted by molar-refractivity contribution is -0.134. The maximum Gasteiger partial charge on any atom is 0.232 e. The van der Waals surface area contributed by atoms with E-state index in [1.165, 1.54) is 0 Å². The van der Waals surface area contributed by atoms with E-state index in [1.54, 1.807) is 0 Å². The van der Waals surface area contributed by atoms with Crippen LogP contribution in [0.3, 0.4) is 0 Å². The molecule has 0 spiro atoms. The molecule has 1 aliphatic rings. The molecule has 2 N–H and O–H groups in total. The quantitative estimate of drug-likeness (QED) is 0.902. The van der Waals surface area contributed by atoms with Gasteiger partial charge in [-0.15, -0.1) is 12.4 Å². The number of carbonyl (C=O) groups is 1. The Bertz CT molecular complexity index is 477. The van der Waals surface area contributed by atoms with Crippen LogP contribution in [0.2, 0.25) is 0 Å². The fraction of sp³-hybridized carbons (Fsp3) is 0.562. The summed E-state index contributed by atoms with van der Waals surface area (Å²) in [5.74, 6) is 0.00333. The van der Waals surface area contributed by atoms with Crippen LogP contribution in [-0.2, 0) is 9.53 Å². The Balaban J connectivity index is 0.00000220. The fourth-order valence-electron chi connectivity index (χ4n) is 2.46. The molecule has 2 rings (SSSR count). The predicted molar refractivity (Wildman–Crippen MR) is 88.2 cm³/mol. The highest BCUT2D eigenvalue weighted by atomic mass is 35.5. The van der Waals surface area contributed by atoms with Crippen molar-refractivity contribution in [2.75, 3.05) is 25.0 Å². The van der Waals surface area contributed by atoms with E-state index in [4.69, 9.17) is 4.74 Å². The van der Waals surface area contributed by atoms with Crippen LogP contribution < -0.4 is 10.6 Å². The molecular weight excluding hydrogens is 288 g/mol. The van der Waals surface area contributed by atoms with Crippen LogP contribution in [0.4, 0.5) is 5.69 Å². The van der Waals surface area contributed by atoms with Gasteiger partial charge in [0.05, 0.1) is 18.1 Å². The van der Waals surface area contributed by atoms with Gasteiger partial charge in [0.2, 0.25) is 5.91 Å². The van der Waals surface area contributed by atoms with Gasteiger partial charge in [-0.25, -0.2) is 0 Å². The zero-order valence-corrected chi connectivity index (χ0v) is 14.0. The number of benzene rings is 1. The standard InChI is InChI=1S/C16H24N2O2.ClH/c1-11-6-5-7-12(2)14(11)18-15(19)16(3,4)13-10-17-8-9-20-13;/h5-7,13,17H,8-10H2,1-4H3,(H,18,19);1H. The predicted octanol–water partition coefficient (Wildman–Crippen LogP) is 2.68. The maximum atomic E-state index is 12.6. The molecule has 0 aromatic heterocycles. The van der Waals surface area contributed by atoms with E-state index in [0.717, 1.165) is 23.4 Å². The Morgan fingerprint density at radius 1 is 1.33 bits per heavy atom. The average Bonchev–Trinajstić information content (AvgIpc) is 2.43. The highest BCUT2D eigenvalue weighted by Gasteiger charge is 2.38. The highest BCUT2D eigenvalue weighted by Crippen LogP contribution is 2.28. The summed E-state index contributed by atoms with van der Waals surface area (Å²) >= 11 is 0. The molecule has 1 atom stereocenters. The minimum Gasteiger partial charge on any atom is -0.374 e. The Hall–Kier alpha value is -1.10. The molecule has 1 unspecified atom stereocenters. The smallest absolute Gasteiger partial charge is 0.232 e. The molecule has 1 fully saturated rings. The number of hydrogen-bond acceptors (Lipinski definition) is 3. The van der Waals surface area contributed by atoms with Crippen molar-refractivity contribution >= 4 is 24.0 Å². The normalized spacial score (nSPS) is 18.8. The molecule has 0 saturated carbocycles. The van der Waals surface area contributed by atoms with Crippen LogP contribution in [0.25, 0.3) is 0 Å². The summed E-state index contributed by atoms with van der Waals surface area (Å²) in [4.78, 5) is 12.6. The zero-order valence-electron chi connectivity index (χ0n) is 13.2. The van der Waals surface area contributed by atoms with Gasteiger partial charge >= 0.3 is 0 Å². The van der Waals surface area contributed by atoms with E-state index in [1.807, 2.05) is 45.9 Å². The molecule has 1 aromatic rings. The van der Waals surface area contributed by atoms with Crippen LogP contribution in [0.1, 0.15) is 25.0 Å². The highest BCUT2D eigenvalue weighted by molar-refractivity contribution is 5.96. The van der Waals surface area contributed by atoms with Crippen molar-refractivity contribution in [2.24, 2.45) is 5.41 Å². The van der Waals surface area contributed by atoms with Crippen LogP contribution in [0, 0.1) is 19.3 Å². The van der Waals surface area contributed by atoms with E-state index in [-0.39, 0.29) is 24.4 Å². The van der Waals surface area contributed by atoms with Gasteiger partial charge in [-0.2, -0.15) is 0 Å². The number of morpholine rings is 1. The Kier molecular flexibility index (Phi) is 6.20. The summed E-state index contributed by atoms with van der Waals surface area (Å²) in [6.45, 7) is 10.1. The molecule has 0 radical (unpaired) electrons. The number of carbonyl (C=O) groups excluding carboxylic acids is 1. The van der Waals surface area contributed by atoms with Crippen molar-refractivity contribution in [3.63, 3.8) is 0 Å². The first-order chi connectivity index (χ1) is 9.43. The third kappa shape index (κ3) is 3.96. The Labute approximate surface area is 133 Å². The van der Waals surface area contributed by atoms with E-state index >= 15 is 0 Å². The third-order valence-electron chi connectivity index (χ3n) is 4.04. The lowest BCUT2D eigenvalue weighted by atomic mass is 9.84. The topological polar surface area (TPSA) is 50.4 Å². The van der Waals surface area contributed by atoms with Gasteiger partial charge in [0.15, 0.2) is 0 Å².